The van der Waals surface area contributed by atoms with Gasteiger partial charge >= 0.3 is 0 Å². The van der Waals surface area contributed by atoms with Gasteiger partial charge < -0.3 is 10.3 Å². The highest BCUT2D eigenvalue weighted by atomic mass is 16.2. The molecule has 0 bridgehead atoms. The molecule has 0 unspecified atom stereocenters. The molecule has 0 saturated heterocycles. The molecule has 0 radical (unpaired) electrons. The summed E-state index contributed by atoms with van der Waals surface area (Å²) in [6, 6.07) is 6.78. The van der Waals surface area contributed by atoms with E-state index in [0.717, 1.165) is 5.56 Å². The predicted octanol–water partition coefficient (Wildman–Crippen LogP) is 2.13. The molecule has 1 aliphatic heterocycles. The van der Waals surface area contributed by atoms with Crippen molar-refractivity contribution >= 4 is 5.91 Å². The molecule has 3 rings (SSSR count). The number of nitrogens with zero attached hydrogens (tertiary/aromatic N) is 3. The van der Waals surface area contributed by atoms with Crippen molar-refractivity contribution in [3.63, 3.8) is 0 Å². The van der Waals surface area contributed by atoms with E-state index in [4.69, 9.17) is 6.42 Å². The lowest BCUT2D eigenvalue weighted by atomic mass is 10.0. The quantitative estimate of drug-likeness (QED) is 0.758. The molecule has 0 spiro atoms. The van der Waals surface area contributed by atoms with Gasteiger partial charge in [0.15, 0.2) is 5.66 Å². The van der Waals surface area contributed by atoms with Crippen LogP contribution in [-0.4, -0.2) is 28.1 Å². The summed E-state index contributed by atoms with van der Waals surface area (Å²) < 4.78 is 0. The van der Waals surface area contributed by atoms with E-state index in [-0.39, 0.29) is 5.56 Å². The van der Waals surface area contributed by atoms with Gasteiger partial charge in [-0.25, -0.2) is 0 Å². The molecule has 0 fully saturated rings. The molecule has 3 heterocycles. The standard InChI is InChI=1S/C18H17N5O2/c1-2-3-8-18(22-23-18)9-12-20-16(24)14-4-5-15(21-17(14)25)13-6-10-19-11-7-13/h1,4-7,10-11H,3,8-9,12H2,(H,20,24)(H,21,25). The van der Waals surface area contributed by atoms with Gasteiger partial charge in [-0.3, -0.25) is 14.6 Å². The van der Waals surface area contributed by atoms with E-state index < -0.39 is 17.1 Å². The zero-order chi connectivity index (χ0) is 17.7. The van der Waals surface area contributed by atoms with Gasteiger partial charge in [0.25, 0.3) is 11.5 Å². The van der Waals surface area contributed by atoms with E-state index in [0.29, 0.717) is 31.5 Å². The summed E-state index contributed by atoms with van der Waals surface area (Å²) in [7, 11) is 0. The molecule has 126 valence electrons. The number of hydrogen-bond donors (Lipinski definition) is 2. The highest BCUT2D eigenvalue weighted by Crippen LogP contribution is 2.36. The van der Waals surface area contributed by atoms with Crippen molar-refractivity contribution in [3.05, 3.63) is 52.6 Å². The van der Waals surface area contributed by atoms with Gasteiger partial charge in [0.1, 0.15) is 5.56 Å². The molecule has 0 aromatic carbocycles. The summed E-state index contributed by atoms with van der Waals surface area (Å²) in [6.07, 6.45) is 10.4. The maximum Gasteiger partial charge on any atom is 0.261 e. The second-order valence-electron chi connectivity index (χ2n) is 5.74. The minimum Gasteiger partial charge on any atom is -0.352 e. The van der Waals surface area contributed by atoms with Gasteiger partial charge in [0.2, 0.25) is 0 Å². The minimum atomic E-state index is -0.447. The number of amides is 1. The minimum absolute atomic E-state index is 0.0696. The monoisotopic (exact) mass is 335 g/mol. The maximum atomic E-state index is 12.2. The Kier molecular flexibility index (Phi) is 4.70. The van der Waals surface area contributed by atoms with Crippen molar-refractivity contribution in [2.75, 3.05) is 6.54 Å². The summed E-state index contributed by atoms with van der Waals surface area (Å²) >= 11 is 0. The Morgan fingerprint density at radius 2 is 1.96 bits per heavy atom. The van der Waals surface area contributed by atoms with Crippen LogP contribution < -0.4 is 10.9 Å². The largest absolute Gasteiger partial charge is 0.352 e. The molecule has 0 aliphatic carbocycles. The topological polar surface area (TPSA) is 99.6 Å². The van der Waals surface area contributed by atoms with E-state index in [2.05, 4.69) is 31.4 Å². The number of terminal acetylenes is 1. The molecule has 7 nitrogen and oxygen atoms in total. The maximum absolute atomic E-state index is 12.2. The lowest BCUT2D eigenvalue weighted by molar-refractivity contribution is 0.0950. The highest BCUT2D eigenvalue weighted by Gasteiger charge is 2.38. The van der Waals surface area contributed by atoms with Crippen molar-refractivity contribution in [2.45, 2.75) is 24.9 Å². The first-order valence-corrected chi connectivity index (χ1v) is 7.93. The van der Waals surface area contributed by atoms with Crippen molar-refractivity contribution in [2.24, 2.45) is 10.2 Å². The van der Waals surface area contributed by atoms with E-state index in [9.17, 15) is 9.59 Å². The van der Waals surface area contributed by atoms with Crippen molar-refractivity contribution < 1.29 is 4.79 Å². The van der Waals surface area contributed by atoms with Crippen molar-refractivity contribution in [1.29, 1.82) is 0 Å². The van der Waals surface area contributed by atoms with Gasteiger partial charge in [0, 0.05) is 49.5 Å². The van der Waals surface area contributed by atoms with Crippen LogP contribution in [0.15, 0.2) is 51.7 Å². The Balaban J connectivity index is 1.59. The predicted molar refractivity (Wildman–Crippen MR) is 92.9 cm³/mol. The number of aromatic amines is 1. The van der Waals surface area contributed by atoms with E-state index in [1.54, 1.807) is 30.6 Å². The number of rotatable bonds is 7. The zero-order valence-electron chi connectivity index (χ0n) is 13.5. The average Bonchev–Trinajstić information content (AvgIpc) is 3.40. The van der Waals surface area contributed by atoms with Gasteiger partial charge in [-0.05, 0) is 24.3 Å². The van der Waals surface area contributed by atoms with E-state index in [1.807, 2.05) is 0 Å². The first-order chi connectivity index (χ1) is 12.1. The van der Waals surface area contributed by atoms with Crippen LogP contribution in [0.5, 0.6) is 0 Å². The lowest BCUT2D eigenvalue weighted by Gasteiger charge is -2.10. The molecular formula is C18H17N5O2. The smallest absolute Gasteiger partial charge is 0.261 e. The Hall–Kier alpha value is -3.27. The fourth-order valence-corrected chi connectivity index (χ4v) is 2.49. The molecule has 25 heavy (non-hydrogen) atoms. The molecule has 0 atom stereocenters. The van der Waals surface area contributed by atoms with Gasteiger partial charge in [-0.2, -0.15) is 10.2 Å². The van der Waals surface area contributed by atoms with Crippen LogP contribution in [0.3, 0.4) is 0 Å². The molecule has 1 amide bonds. The average molecular weight is 335 g/mol. The molecule has 2 aromatic rings. The molecule has 0 saturated carbocycles. The number of pyridine rings is 2. The van der Waals surface area contributed by atoms with Crippen LogP contribution in [0.2, 0.25) is 0 Å². The van der Waals surface area contributed by atoms with Crippen LogP contribution >= 0.6 is 0 Å². The third-order valence-electron chi connectivity index (χ3n) is 4.01. The van der Waals surface area contributed by atoms with Crippen LogP contribution in [0.25, 0.3) is 11.3 Å². The third kappa shape index (κ3) is 3.98. The van der Waals surface area contributed by atoms with Gasteiger partial charge in [-0.15, -0.1) is 12.3 Å². The fourth-order valence-electron chi connectivity index (χ4n) is 2.49. The Labute approximate surface area is 144 Å². The third-order valence-corrected chi connectivity index (χ3v) is 4.01. The second-order valence-corrected chi connectivity index (χ2v) is 5.74. The molecular weight excluding hydrogens is 318 g/mol. The second kappa shape index (κ2) is 7.09. The number of nitrogens with one attached hydrogen (secondary N) is 2. The van der Waals surface area contributed by atoms with Crippen LogP contribution in [0, 0.1) is 12.3 Å². The van der Waals surface area contributed by atoms with Crippen molar-refractivity contribution in [3.8, 4) is 23.6 Å². The summed E-state index contributed by atoms with van der Waals surface area (Å²) in [5.41, 5.74) is 0.645. The molecule has 1 aliphatic rings. The highest BCUT2D eigenvalue weighted by molar-refractivity contribution is 5.94. The van der Waals surface area contributed by atoms with Crippen LogP contribution in [0.1, 0.15) is 29.6 Å². The van der Waals surface area contributed by atoms with Gasteiger partial charge in [-0.1, -0.05) is 0 Å². The summed E-state index contributed by atoms with van der Waals surface area (Å²) in [4.78, 5) is 31.0. The summed E-state index contributed by atoms with van der Waals surface area (Å²) in [5.74, 6) is 2.14. The summed E-state index contributed by atoms with van der Waals surface area (Å²) in [5, 5.41) is 10.7. The number of hydrogen-bond acceptors (Lipinski definition) is 5. The summed E-state index contributed by atoms with van der Waals surface area (Å²) in [6.45, 7) is 0.377. The van der Waals surface area contributed by atoms with Crippen LogP contribution in [-0.2, 0) is 0 Å². The fraction of sp³-hybridized carbons (Fsp3) is 0.278. The lowest BCUT2D eigenvalue weighted by Crippen LogP contribution is -2.32. The van der Waals surface area contributed by atoms with E-state index >= 15 is 0 Å². The van der Waals surface area contributed by atoms with Crippen molar-refractivity contribution in [1.82, 2.24) is 15.3 Å². The number of aromatic nitrogens is 2. The van der Waals surface area contributed by atoms with E-state index in [1.165, 1.54) is 6.07 Å². The molecule has 2 N–H and O–H groups in total. The molecule has 2 aromatic heterocycles. The first kappa shape index (κ1) is 16.6. The SMILES string of the molecule is C#CCCC1(CCNC(=O)c2ccc(-c3ccncc3)[nH]c2=O)N=N1. The normalized spacial score (nSPS) is 13.9. The number of carbonyl (C=O) groups is 1. The molecule has 7 heteroatoms. The number of H-pyrrole nitrogens is 1. The zero-order valence-corrected chi connectivity index (χ0v) is 13.5. The number of carbonyl (C=O) groups excluding carboxylic acids is 1. The Morgan fingerprint density at radius 1 is 1.20 bits per heavy atom. The van der Waals surface area contributed by atoms with Crippen LogP contribution in [0.4, 0.5) is 0 Å². The Bertz CT molecular complexity index is 890. The Morgan fingerprint density at radius 3 is 2.60 bits per heavy atom. The first-order valence-electron chi connectivity index (χ1n) is 7.93. The van der Waals surface area contributed by atoms with Gasteiger partial charge in [0.05, 0.1) is 0 Å².